The Balaban J connectivity index is 0.00000192. The molecule has 1 aromatic rings. The van der Waals surface area contributed by atoms with E-state index in [-0.39, 0.29) is 31.1 Å². The van der Waals surface area contributed by atoms with E-state index in [4.69, 9.17) is 9.47 Å². The summed E-state index contributed by atoms with van der Waals surface area (Å²) in [7, 11) is 0. The molecule has 5 nitrogen and oxygen atoms in total. The topological polar surface area (TPSA) is 59.6 Å². The van der Waals surface area contributed by atoms with E-state index in [0.717, 1.165) is 36.6 Å². The first-order valence-electron chi connectivity index (χ1n) is 8.12. The Bertz CT molecular complexity index is 533. The van der Waals surface area contributed by atoms with Crippen LogP contribution in [0.1, 0.15) is 44.2 Å². The number of carbonyl (C=O) groups excluding carboxylic acids is 1. The molecule has 1 saturated heterocycles. The fourth-order valence-corrected chi connectivity index (χ4v) is 3.09. The number of hydrogen-bond donors (Lipinski definition) is 2. The molecule has 0 radical (unpaired) electrons. The molecule has 2 N–H and O–H groups in total. The first-order chi connectivity index (χ1) is 10.7. The summed E-state index contributed by atoms with van der Waals surface area (Å²) in [6.07, 6.45) is 3.97. The smallest absolute Gasteiger partial charge is 0.231 e. The van der Waals surface area contributed by atoms with Crippen LogP contribution in [0.3, 0.4) is 0 Å². The van der Waals surface area contributed by atoms with E-state index in [1.165, 1.54) is 12.8 Å². The van der Waals surface area contributed by atoms with Gasteiger partial charge in [-0.05, 0) is 62.9 Å². The third-order valence-electron chi connectivity index (χ3n) is 4.51. The molecule has 1 unspecified atom stereocenters. The van der Waals surface area contributed by atoms with Crippen molar-refractivity contribution in [2.24, 2.45) is 5.92 Å². The molecule has 1 atom stereocenters. The van der Waals surface area contributed by atoms with Crippen molar-refractivity contribution in [3.05, 3.63) is 23.8 Å². The number of benzene rings is 1. The first-order valence-corrected chi connectivity index (χ1v) is 8.12. The van der Waals surface area contributed by atoms with Crippen LogP contribution in [-0.4, -0.2) is 25.8 Å². The van der Waals surface area contributed by atoms with Crippen molar-refractivity contribution in [3.63, 3.8) is 0 Å². The van der Waals surface area contributed by atoms with E-state index in [0.29, 0.717) is 12.3 Å². The third-order valence-corrected chi connectivity index (χ3v) is 4.51. The van der Waals surface area contributed by atoms with Crippen LogP contribution in [0.4, 0.5) is 0 Å². The van der Waals surface area contributed by atoms with Crippen molar-refractivity contribution in [2.45, 2.75) is 38.6 Å². The van der Waals surface area contributed by atoms with Crippen LogP contribution in [0.15, 0.2) is 18.2 Å². The van der Waals surface area contributed by atoms with Crippen molar-refractivity contribution < 1.29 is 14.3 Å². The molecule has 2 heterocycles. The van der Waals surface area contributed by atoms with Gasteiger partial charge in [0, 0.05) is 6.42 Å². The highest BCUT2D eigenvalue weighted by atomic mass is 35.5. The van der Waals surface area contributed by atoms with Gasteiger partial charge in [0.15, 0.2) is 11.5 Å². The van der Waals surface area contributed by atoms with Crippen LogP contribution in [0, 0.1) is 5.92 Å². The summed E-state index contributed by atoms with van der Waals surface area (Å²) in [4.78, 5) is 12.1. The van der Waals surface area contributed by atoms with Crippen LogP contribution in [0.2, 0.25) is 0 Å². The minimum absolute atomic E-state index is 0. The van der Waals surface area contributed by atoms with Crippen molar-refractivity contribution in [1.29, 1.82) is 0 Å². The van der Waals surface area contributed by atoms with Crippen LogP contribution in [0.25, 0.3) is 0 Å². The maximum Gasteiger partial charge on any atom is 0.231 e. The Hall–Kier alpha value is -1.46. The standard InChI is InChI=1S/C17H24N2O3.ClH/c1-12(14-3-4-15-16(10-14)22-11-21-15)19-17(20)5-2-13-6-8-18-9-7-13;/h3-4,10,12-13,18H,2,5-9,11H2,1H3,(H,19,20);1H. The summed E-state index contributed by atoms with van der Waals surface area (Å²) in [5.41, 5.74) is 1.04. The van der Waals surface area contributed by atoms with E-state index in [1.807, 2.05) is 25.1 Å². The Morgan fingerprint density at radius 2 is 2.04 bits per heavy atom. The zero-order valence-corrected chi connectivity index (χ0v) is 14.3. The van der Waals surface area contributed by atoms with Crippen molar-refractivity contribution >= 4 is 18.3 Å². The van der Waals surface area contributed by atoms with Crippen LogP contribution in [0.5, 0.6) is 11.5 Å². The van der Waals surface area contributed by atoms with Crippen LogP contribution in [-0.2, 0) is 4.79 Å². The lowest BCUT2D eigenvalue weighted by Gasteiger charge is -2.22. The van der Waals surface area contributed by atoms with Crippen LogP contribution >= 0.6 is 12.4 Å². The summed E-state index contributed by atoms with van der Waals surface area (Å²) < 4.78 is 10.7. The largest absolute Gasteiger partial charge is 0.454 e. The molecule has 2 aliphatic rings. The van der Waals surface area contributed by atoms with Crippen molar-refractivity contribution in [1.82, 2.24) is 10.6 Å². The SMILES string of the molecule is CC(NC(=O)CCC1CCNCC1)c1ccc2c(c1)OCO2.Cl. The molecular formula is C17H25ClN2O3. The molecule has 128 valence electrons. The molecule has 3 rings (SSSR count). The number of carbonyl (C=O) groups is 1. The zero-order chi connectivity index (χ0) is 15.4. The minimum atomic E-state index is -0.0185. The molecule has 0 bridgehead atoms. The predicted octanol–water partition coefficient (Wildman–Crippen LogP) is 2.79. The zero-order valence-electron chi connectivity index (χ0n) is 13.5. The minimum Gasteiger partial charge on any atom is -0.454 e. The second-order valence-corrected chi connectivity index (χ2v) is 6.13. The van der Waals surface area contributed by atoms with Gasteiger partial charge >= 0.3 is 0 Å². The Morgan fingerprint density at radius 1 is 1.30 bits per heavy atom. The Labute approximate surface area is 143 Å². The van der Waals surface area contributed by atoms with Crippen molar-refractivity contribution in [3.8, 4) is 11.5 Å². The van der Waals surface area contributed by atoms with E-state index in [1.54, 1.807) is 0 Å². The maximum atomic E-state index is 12.1. The predicted molar refractivity (Wildman–Crippen MR) is 91.2 cm³/mol. The highest BCUT2D eigenvalue weighted by molar-refractivity contribution is 5.85. The molecular weight excluding hydrogens is 316 g/mol. The molecule has 0 aromatic heterocycles. The number of rotatable bonds is 5. The van der Waals surface area contributed by atoms with Gasteiger partial charge in [-0.15, -0.1) is 12.4 Å². The highest BCUT2D eigenvalue weighted by Crippen LogP contribution is 2.34. The summed E-state index contributed by atoms with van der Waals surface area (Å²) in [5.74, 6) is 2.35. The summed E-state index contributed by atoms with van der Waals surface area (Å²) in [6, 6.07) is 5.80. The Kier molecular flexibility index (Phi) is 6.54. The number of amides is 1. The van der Waals surface area contributed by atoms with Gasteiger partial charge in [0.25, 0.3) is 0 Å². The molecule has 1 aromatic carbocycles. The number of nitrogens with one attached hydrogen (secondary N) is 2. The quantitative estimate of drug-likeness (QED) is 0.865. The monoisotopic (exact) mass is 340 g/mol. The molecule has 23 heavy (non-hydrogen) atoms. The lowest BCUT2D eigenvalue weighted by Crippen LogP contribution is -2.30. The number of piperidine rings is 1. The number of fused-ring (bicyclic) bond motifs is 1. The normalized spacial score (nSPS) is 18.1. The van der Waals surface area contributed by atoms with Gasteiger partial charge < -0.3 is 20.1 Å². The Morgan fingerprint density at radius 3 is 2.83 bits per heavy atom. The second kappa shape index (κ2) is 8.41. The average molecular weight is 341 g/mol. The van der Waals surface area contributed by atoms with E-state index in [9.17, 15) is 4.79 Å². The lowest BCUT2D eigenvalue weighted by atomic mass is 9.93. The van der Waals surface area contributed by atoms with Gasteiger partial charge in [-0.3, -0.25) is 4.79 Å². The fourth-order valence-electron chi connectivity index (χ4n) is 3.09. The number of hydrogen-bond acceptors (Lipinski definition) is 4. The summed E-state index contributed by atoms with van der Waals surface area (Å²) in [5, 5.41) is 6.43. The van der Waals surface area contributed by atoms with E-state index >= 15 is 0 Å². The highest BCUT2D eigenvalue weighted by Gasteiger charge is 2.18. The average Bonchev–Trinajstić information content (AvgIpc) is 3.01. The van der Waals surface area contributed by atoms with E-state index < -0.39 is 0 Å². The second-order valence-electron chi connectivity index (χ2n) is 6.13. The molecule has 6 heteroatoms. The van der Waals surface area contributed by atoms with Crippen molar-refractivity contribution in [2.75, 3.05) is 19.9 Å². The number of ether oxygens (including phenoxy) is 2. The molecule has 1 fully saturated rings. The van der Waals surface area contributed by atoms with Gasteiger partial charge in [-0.1, -0.05) is 6.07 Å². The fraction of sp³-hybridized carbons (Fsp3) is 0.588. The molecule has 0 saturated carbocycles. The first kappa shape index (κ1) is 17.9. The van der Waals surface area contributed by atoms with Gasteiger partial charge in [-0.25, -0.2) is 0 Å². The van der Waals surface area contributed by atoms with Gasteiger partial charge in [0.2, 0.25) is 12.7 Å². The van der Waals surface area contributed by atoms with Gasteiger partial charge in [-0.2, -0.15) is 0 Å². The van der Waals surface area contributed by atoms with E-state index in [2.05, 4.69) is 10.6 Å². The lowest BCUT2D eigenvalue weighted by molar-refractivity contribution is -0.122. The molecule has 0 aliphatic carbocycles. The third kappa shape index (κ3) is 4.75. The summed E-state index contributed by atoms with van der Waals surface area (Å²) >= 11 is 0. The molecule has 1 amide bonds. The summed E-state index contributed by atoms with van der Waals surface area (Å²) in [6.45, 7) is 4.44. The molecule has 0 spiro atoms. The van der Waals surface area contributed by atoms with Gasteiger partial charge in [0.1, 0.15) is 0 Å². The van der Waals surface area contributed by atoms with Gasteiger partial charge in [0.05, 0.1) is 6.04 Å². The number of halogens is 1. The maximum absolute atomic E-state index is 12.1. The van der Waals surface area contributed by atoms with Crippen LogP contribution < -0.4 is 20.1 Å². The molecule has 2 aliphatic heterocycles.